The van der Waals surface area contributed by atoms with E-state index in [1.807, 2.05) is 11.5 Å². The Labute approximate surface area is 106 Å². The molecule has 94 valence electrons. The van der Waals surface area contributed by atoms with Crippen LogP contribution in [0.4, 0.5) is 5.00 Å². The van der Waals surface area contributed by atoms with Crippen molar-refractivity contribution in [2.24, 2.45) is 5.92 Å². The fraction of sp³-hybridized carbons (Fsp3) is 0.500. The Balaban J connectivity index is 2.84. The van der Waals surface area contributed by atoms with E-state index >= 15 is 0 Å². The lowest BCUT2D eigenvalue weighted by Crippen LogP contribution is -2.18. The molecule has 0 aliphatic rings. The Hall–Kier alpha value is -1.20. The highest BCUT2D eigenvalue weighted by Crippen LogP contribution is 2.25. The molecule has 0 aliphatic heterocycles. The monoisotopic (exact) mass is 254 g/mol. The maximum absolute atomic E-state index is 10.6. The molecule has 4 nitrogen and oxygen atoms in total. The van der Waals surface area contributed by atoms with Gasteiger partial charge in [-0.1, -0.05) is 43.8 Å². The van der Waals surface area contributed by atoms with Gasteiger partial charge >= 0.3 is 5.00 Å². The first-order chi connectivity index (χ1) is 8.04. The summed E-state index contributed by atoms with van der Waals surface area (Å²) in [7, 11) is 0. The van der Waals surface area contributed by atoms with E-state index in [2.05, 4.69) is 26.1 Å². The molecule has 0 atom stereocenters. The lowest BCUT2D eigenvalue weighted by molar-refractivity contribution is -0.380. The summed E-state index contributed by atoms with van der Waals surface area (Å²) < 4.78 is 0. The van der Waals surface area contributed by atoms with Crippen LogP contribution in [0.3, 0.4) is 0 Å². The van der Waals surface area contributed by atoms with E-state index in [1.54, 1.807) is 6.07 Å². The first kappa shape index (κ1) is 13.9. The van der Waals surface area contributed by atoms with Gasteiger partial charge in [0.05, 0.1) is 4.92 Å². The van der Waals surface area contributed by atoms with Crippen LogP contribution in [0.1, 0.15) is 26.3 Å². The van der Waals surface area contributed by atoms with Crippen molar-refractivity contribution in [1.82, 2.24) is 5.32 Å². The lowest BCUT2D eigenvalue weighted by Gasteiger charge is -2.11. The molecule has 1 heterocycles. The van der Waals surface area contributed by atoms with Crippen molar-refractivity contribution in [2.75, 3.05) is 13.1 Å². The quantitative estimate of drug-likeness (QED) is 0.626. The van der Waals surface area contributed by atoms with Crippen LogP contribution in [0.2, 0.25) is 0 Å². The summed E-state index contributed by atoms with van der Waals surface area (Å²) in [6.07, 6.45) is 2.04. The predicted molar refractivity (Wildman–Crippen MR) is 72.3 cm³/mol. The number of thiophene rings is 1. The molecule has 0 aliphatic carbocycles. The van der Waals surface area contributed by atoms with E-state index in [-0.39, 0.29) is 9.92 Å². The van der Waals surface area contributed by atoms with Crippen molar-refractivity contribution in [2.45, 2.75) is 20.8 Å². The highest BCUT2D eigenvalue weighted by molar-refractivity contribution is 7.13. The van der Waals surface area contributed by atoms with Gasteiger partial charge in [-0.2, -0.15) is 0 Å². The Bertz CT molecular complexity index is 410. The summed E-state index contributed by atoms with van der Waals surface area (Å²) in [5, 5.41) is 15.9. The van der Waals surface area contributed by atoms with Gasteiger partial charge in [-0.05, 0) is 18.0 Å². The first-order valence-electron chi connectivity index (χ1n) is 5.68. The third-order valence-corrected chi connectivity index (χ3v) is 3.36. The molecule has 1 aromatic rings. The standard InChI is InChI=1S/C12H18N2O2S/c1-4-13-7-11(9(2)3)5-10-6-12(14(15)16)17-8-10/h5-6,8-9,13H,4,7H2,1-3H3. The van der Waals surface area contributed by atoms with Gasteiger partial charge in [0.1, 0.15) is 0 Å². The molecule has 5 heteroatoms. The minimum Gasteiger partial charge on any atom is -0.313 e. The number of nitrogens with zero attached hydrogens (tertiary/aromatic N) is 1. The molecule has 0 unspecified atom stereocenters. The topological polar surface area (TPSA) is 55.2 Å². The molecule has 0 radical (unpaired) electrons. The summed E-state index contributed by atoms with van der Waals surface area (Å²) in [5.74, 6) is 0.438. The third-order valence-electron chi connectivity index (χ3n) is 2.46. The van der Waals surface area contributed by atoms with Crippen LogP contribution in [0.25, 0.3) is 6.08 Å². The Morgan fingerprint density at radius 2 is 2.35 bits per heavy atom. The average molecular weight is 254 g/mol. The van der Waals surface area contributed by atoms with Crippen LogP contribution in [0.5, 0.6) is 0 Å². The highest BCUT2D eigenvalue weighted by Gasteiger charge is 2.09. The Morgan fingerprint density at radius 1 is 1.65 bits per heavy atom. The molecule has 0 spiro atoms. The SMILES string of the molecule is CCNCC(=Cc1csc([N+](=O)[O-])c1)C(C)C. The van der Waals surface area contributed by atoms with Crippen molar-refractivity contribution < 1.29 is 4.92 Å². The summed E-state index contributed by atoms with van der Waals surface area (Å²) in [4.78, 5) is 10.2. The molecule has 0 aromatic carbocycles. The van der Waals surface area contributed by atoms with Gasteiger partial charge in [0.2, 0.25) is 0 Å². The van der Waals surface area contributed by atoms with Gasteiger partial charge < -0.3 is 5.32 Å². The first-order valence-corrected chi connectivity index (χ1v) is 6.56. The second kappa shape index (κ2) is 6.51. The van der Waals surface area contributed by atoms with Crippen LogP contribution in [0, 0.1) is 16.0 Å². The van der Waals surface area contributed by atoms with Gasteiger partial charge in [0.25, 0.3) is 0 Å². The zero-order valence-corrected chi connectivity index (χ0v) is 11.2. The minimum atomic E-state index is -0.346. The number of hydrogen-bond acceptors (Lipinski definition) is 4. The summed E-state index contributed by atoms with van der Waals surface area (Å²) in [5.41, 5.74) is 2.18. The molecule has 0 fully saturated rings. The van der Waals surface area contributed by atoms with E-state index in [9.17, 15) is 10.1 Å². The zero-order chi connectivity index (χ0) is 12.8. The molecule has 0 saturated heterocycles. The van der Waals surface area contributed by atoms with E-state index in [4.69, 9.17) is 0 Å². The maximum atomic E-state index is 10.6. The third kappa shape index (κ3) is 4.28. The highest BCUT2D eigenvalue weighted by atomic mass is 32.1. The van der Waals surface area contributed by atoms with E-state index < -0.39 is 0 Å². The summed E-state index contributed by atoms with van der Waals surface area (Å²) >= 11 is 1.17. The van der Waals surface area contributed by atoms with Gasteiger partial charge in [0, 0.05) is 18.0 Å². The number of rotatable bonds is 6. The van der Waals surface area contributed by atoms with Crippen LogP contribution in [-0.2, 0) is 0 Å². The van der Waals surface area contributed by atoms with Gasteiger partial charge in [-0.15, -0.1) is 0 Å². The van der Waals surface area contributed by atoms with Gasteiger partial charge in [-0.3, -0.25) is 10.1 Å². The maximum Gasteiger partial charge on any atom is 0.324 e. The molecule has 17 heavy (non-hydrogen) atoms. The second-order valence-corrected chi connectivity index (χ2v) is 5.02. The van der Waals surface area contributed by atoms with E-state index in [1.165, 1.54) is 16.9 Å². The lowest BCUT2D eigenvalue weighted by atomic mass is 10.0. The number of hydrogen-bond donors (Lipinski definition) is 1. The van der Waals surface area contributed by atoms with Crippen LogP contribution < -0.4 is 5.32 Å². The van der Waals surface area contributed by atoms with Gasteiger partial charge in [0.15, 0.2) is 0 Å². The number of nitro groups is 1. The Morgan fingerprint density at radius 3 is 2.82 bits per heavy atom. The molecule has 0 bridgehead atoms. The van der Waals surface area contributed by atoms with Crippen molar-refractivity contribution >= 4 is 22.4 Å². The smallest absolute Gasteiger partial charge is 0.313 e. The number of likely N-dealkylation sites (N-methyl/N-ethyl adjacent to an activating group) is 1. The summed E-state index contributed by atoms with van der Waals surface area (Å²) in [6, 6.07) is 1.62. The molecule has 1 N–H and O–H groups in total. The second-order valence-electron chi connectivity index (χ2n) is 4.13. The normalized spacial score (nSPS) is 12.1. The van der Waals surface area contributed by atoms with Crippen LogP contribution in [0.15, 0.2) is 17.0 Å². The van der Waals surface area contributed by atoms with Crippen molar-refractivity contribution in [3.8, 4) is 0 Å². The molecule has 0 amide bonds. The fourth-order valence-corrected chi connectivity index (χ4v) is 2.10. The molecular formula is C12H18N2O2S. The van der Waals surface area contributed by atoms with E-state index in [0.717, 1.165) is 18.7 Å². The van der Waals surface area contributed by atoms with Crippen LogP contribution >= 0.6 is 11.3 Å². The zero-order valence-electron chi connectivity index (χ0n) is 10.4. The average Bonchev–Trinajstić information content (AvgIpc) is 2.72. The molecule has 0 saturated carbocycles. The predicted octanol–water partition coefficient (Wildman–Crippen LogP) is 3.31. The van der Waals surface area contributed by atoms with Crippen molar-refractivity contribution in [1.29, 1.82) is 0 Å². The summed E-state index contributed by atoms with van der Waals surface area (Å²) in [6.45, 7) is 8.08. The largest absolute Gasteiger partial charge is 0.324 e. The van der Waals surface area contributed by atoms with Gasteiger partial charge in [-0.25, -0.2) is 0 Å². The van der Waals surface area contributed by atoms with E-state index in [0.29, 0.717) is 5.92 Å². The number of nitrogens with one attached hydrogen (secondary N) is 1. The molecule has 1 rings (SSSR count). The molecule has 1 aromatic heterocycles. The fourth-order valence-electron chi connectivity index (χ4n) is 1.42. The van der Waals surface area contributed by atoms with Crippen molar-refractivity contribution in [3.63, 3.8) is 0 Å². The Kier molecular flexibility index (Phi) is 5.31. The van der Waals surface area contributed by atoms with Crippen LogP contribution in [-0.4, -0.2) is 18.0 Å². The van der Waals surface area contributed by atoms with Crippen molar-refractivity contribution in [3.05, 3.63) is 32.7 Å². The molecular weight excluding hydrogens is 236 g/mol. The minimum absolute atomic E-state index is 0.197.